The van der Waals surface area contributed by atoms with E-state index in [1.807, 2.05) is 6.07 Å². The van der Waals surface area contributed by atoms with Crippen LogP contribution in [-0.2, 0) is 4.79 Å². The molecule has 1 fully saturated rings. The van der Waals surface area contributed by atoms with Gasteiger partial charge in [0.2, 0.25) is 11.8 Å². The molecule has 0 aromatic carbocycles. The van der Waals surface area contributed by atoms with Crippen LogP contribution in [0.4, 0.5) is 5.69 Å². The molecule has 0 atom stereocenters. The molecule has 1 saturated heterocycles. The minimum absolute atomic E-state index is 0.0758. The van der Waals surface area contributed by atoms with Crippen molar-refractivity contribution in [2.75, 3.05) is 25.5 Å². The van der Waals surface area contributed by atoms with Gasteiger partial charge in [-0.2, -0.15) is 10.2 Å². The maximum absolute atomic E-state index is 12.1. The van der Waals surface area contributed by atoms with Gasteiger partial charge in [0.1, 0.15) is 6.10 Å². The quantitative estimate of drug-likeness (QED) is 0.727. The summed E-state index contributed by atoms with van der Waals surface area (Å²) in [7, 11) is 2.12. The molecule has 2 aliphatic rings. The number of anilines is 1. The Morgan fingerprint density at radius 1 is 1.38 bits per heavy atom. The van der Waals surface area contributed by atoms with Crippen LogP contribution < -0.4 is 10.1 Å². The van der Waals surface area contributed by atoms with Crippen molar-refractivity contribution in [2.45, 2.75) is 50.3 Å². The first-order valence-corrected chi connectivity index (χ1v) is 9.07. The van der Waals surface area contributed by atoms with E-state index in [1.54, 1.807) is 12.3 Å². The number of aromatic nitrogens is 1. The minimum atomic E-state index is -0.423. The summed E-state index contributed by atoms with van der Waals surface area (Å²) < 4.78 is 5.91. The Morgan fingerprint density at radius 3 is 2.77 bits per heavy atom. The number of carbonyl (C=O) groups excluding carboxylic acids is 1. The summed E-state index contributed by atoms with van der Waals surface area (Å²) in [6.45, 7) is 2.08. The lowest BCUT2D eigenvalue weighted by Crippen LogP contribution is -2.35. The van der Waals surface area contributed by atoms with Gasteiger partial charge >= 0.3 is 0 Å². The van der Waals surface area contributed by atoms with Crippen LogP contribution in [0.15, 0.2) is 28.6 Å². The van der Waals surface area contributed by atoms with E-state index < -0.39 is 5.66 Å². The van der Waals surface area contributed by atoms with Crippen molar-refractivity contribution in [1.82, 2.24) is 9.88 Å². The Balaban J connectivity index is 1.41. The largest absolute Gasteiger partial charge is 0.474 e. The second-order valence-electron chi connectivity index (χ2n) is 6.94. The van der Waals surface area contributed by atoms with Gasteiger partial charge in [-0.15, -0.1) is 12.3 Å². The fraction of sp³-hybridized carbons (Fsp3) is 0.579. The topological polar surface area (TPSA) is 79.2 Å². The van der Waals surface area contributed by atoms with E-state index >= 15 is 0 Å². The molecule has 2 aliphatic heterocycles. The van der Waals surface area contributed by atoms with Gasteiger partial charge in [0.25, 0.3) is 0 Å². The van der Waals surface area contributed by atoms with E-state index in [1.165, 1.54) is 0 Å². The Bertz CT molecular complexity index is 681. The van der Waals surface area contributed by atoms with Crippen molar-refractivity contribution in [2.24, 2.45) is 10.2 Å². The zero-order valence-corrected chi connectivity index (χ0v) is 15.1. The number of pyridine rings is 1. The summed E-state index contributed by atoms with van der Waals surface area (Å²) in [6, 6.07) is 3.61. The molecule has 0 radical (unpaired) electrons. The molecule has 3 rings (SSSR count). The van der Waals surface area contributed by atoms with E-state index in [4.69, 9.17) is 11.2 Å². The number of likely N-dealkylation sites (tertiary alicyclic amines) is 1. The minimum Gasteiger partial charge on any atom is -0.474 e. The highest BCUT2D eigenvalue weighted by Crippen LogP contribution is 2.37. The Hall–Kier alpha value is -2.46. The Kier molecular flexibility index (Phi) is 5.84. The van der Waals surface area contributed by atoms with Gasteiger partial charge in [-0.05, 0) is 26.0 Å². The fourth-order valence-electron chi connectivity index (χ4n) is 3.00. The SMILES string of the molecule is C#CCCC1(CCC(=O)Nc2ccc(OC3CCN(C)CC3)nc2)N=N1. The van der Waals surface area contributed by atoms with Crippen molar-refractivity contribution in [3.05, 3.63) is 18.3 Å². The van der Waals surface area contributed by atoms with Crippen molar-refractivity contribution in [3.63, 3.8) is 0 Å². The number of ether oxygens (including phenoxy) is 1. The molecule has 0 unspecified atom stereocenters. The molecule has 3 heterocycles. The van der Waals surface area contributed by atoms with Gasteiger partial charge in [-0.25, -0.2) is 4.98 Å². The van der Waals surface area contributed by atoms with Gasteiger partial charge < -0.3 is 15.0 Å². The first kappa shape index (κ1) is 18.3. The van der Waals surface area contributed by atoms with Crippen LogP contribution >= 0.6 is 0 Å². The molecule has 138 valence electrons. The van der Waals surface area contributed by atoms with E-state index in [9.17, 15) is 4.79 Å². The van der Waals surface area contributed by atoms with Gasteiger partial charge in [0.15, 0.2) is 5.66 Å². The summed E-state index contributed by atoms with van der Waals surface area (Å²) >= 11 is 0. The number of amides is 1. The van der Waals surface area contributed by atoms with Crippen LogP contribution in [0.5, 0.6) is 5.88 Å². The zero-order valence-electron chi connectivity index (χ0n) is 15.1. The number of rotatable bonds is 8. The number of terminal acetylenes is 1. The second kappa shape index (κ2) is 8.28. The molecule has 1 amide bonds. The summed E-state index contributed by atoms with van der Waals surface area (Å²) in [5.41, 5.74) is 0.237. The molecule has 7 heteroatoms. The predicted molar refractivity (Wildman–Crippen MR) is 98.9 cm³/mol. The van der Waals surface area contributed by atoms with Gasteiger partial charge in [0, 0.05) is 44.8 Å². The molecule has 0 aliphatic carbocycles. The summed E-state index contributed by atoms with van der Waals surface area (Å²) in [6.07, 6.45) is 11.4. The second-order valence-corrected chi connectivity index (χ2v) is 6.94. The Morgan fingerprint density at radius 2 is 2.15 bits per heavy atom. The van der Waals surface area contributed by atoms with Crippen LogP contribution in [0.1, 0.15) is 38.5 Å². The van der Waals surface area contributed by atoms with Gasteiger partial charge in [-0.1, -0.05) is 0 Å². The Labute approximate surface area is 154 Å². The number of piperidine rings is 1. The highest BCUT2D eigenvalue weighted by atomic mass is 16.5. The van der Waals surface area contributed by atoms with E-state index in [2.05, 4.69) is 38.4 Å². The first-order chi connectivity index (χ1) is 12.6. The lowest BCUT2D eigenvalue weighted by Gasteiger charge is -2.28. The van der Waals surface area contributed by atoms with Crippen molar-refractivity contribution < 1.29 is 9.53 Å². The van der Waals surface area contributed by atoms with Crippen LogP contribution in [0.2, 0.25) is 0 Å². The number of hydrogen-bond donors (Lipinski definition) is 1. The van der Waals surface area contributed by atoms with E-state index in [-0.39, 0.29) is 12.0 Å². The lowest BCUT2D eigenvalue weighted by atomic mass is 10.0. The molecule has 0 spiro atoms. The van der Waals surface area contributed by atoms with Crippen LogP contribution in [0, 0.1) is 12.3 Å². The standard InChI is InChI=1S/C19H25N5O2/c1-3-4-10-19(22-23-19)11-7-17(25)21-15-5-6-18(20-14-15)26-16-8-12-24(2)13-9-16/h1,5-6,14,16H,4,7-13H2,2H3,(H,21,25). The molecule has 1 aromatic heterocycles. The fourth-order valence-corrected chi connectivity index (χ4v) is 3.00. The predicted octanol–water partition coefficient (Wildman–Crippen LogP) is 2.85. The van der Waals surface area contributed by atoms with Crippen molar-refractivity contribution in [3.8, 4) is 18.2 Å². The molecular formula is C19H25N5O2. The molecular weight excluding hydrogens is 330 g/mol. The van der Waals surface area contributed by atoms with Crippen LogP contribution in [0.3, 0.4) is 0 Å². The van der Waals surface area contributed by atoms with Crippen LogP contribution in [0.25, 0.3) is 0 Å². The average molecular weight is 355 g/mol. The zero-order chi connectivity index (χ0) is 18.4. The van der Waals surface area contributed by atoms with Crippen molar-refractivity contribution in [1.29, 1.82) is 0 Å². The molecule has 26 heavy (non-hydrogen) atoms. The van der Waals surface area contributed by atoms with Gasteiger partial charge in [0.05, 0.1) is 11.9 Å². The number of hydrogen-bond acceptors (Lipinski definition) is 6. The average Bonchev–Trinajstić information content (AvgIpc) is 3.42. The van der Waals surface area contributed by atoms with Crippen LogP contribution in [-0.4, -0.2) is 47.7 Å². The molecule has 0 bridgehead atoms. The van der Waals surface area contributed by atoms with E-state index in [0.29, 0.717) is 37.3 Å². The molecule has 0 saturated carbocycles. The number of nitrogens with zero attached hydrogens (tertiary/aromatic N) is 4. The summed E-state index contributed by atoms with van der Waals surface area (Å²) in [5, 5.41) is 10.9. The molecule has 1 N–H and O–H groups in total. The lowest BCUT2D eigenvalue weighted by molar-refractivity contribution is -0.116. The molecule has 7 nitrogen and oxygen atoms in total. The summed E-state index contributed by atoms with van der Waals surface area (Å²) in [5.74, 6) is 3.11. The maximum Gasteiger partial charge on any atom is 0.224 e. The van der Waals surface area contributed by atoms with Crippen molar-refractivity contribution >= 4 is 11.6 Å². The highest BCUT2D eigenvalue weighted by molar-refractivity contribution is 5.90. The third kappa shape index (κ3) is 5.27. The number of carbonyl (C=O) groups is 1. The normalized spacial score (nSPS) is 18.9. The first-order valence-electron chi connectivity index (χ1n) is 9.07. The van der Waals surface area contributed by atoms with Gasteiger partial charge in [-0.3, -0.25) is 4.79 Å². The maximum atomic E-state index is 12.1. The third-order valence-corrected chi connectivity index (χ3v) is 4.78. The number of nitrogens with one attached hydrogen (secondary N) is 1. The monoisotopic (exact) mass is 355 g/mol. The van der Waals surface area contributed by atoms with E-state index in [0.717, 1.165) is 25.9 Å². The summed E-state index contributed by atoms with van der Waals surface area (Å²) in [4.78, 5) is 18.7. The smallest absolute Gasteiger partial charge is 0.224 e. The highest BCUT2D eigenvalue weighted by Gasteiger charge is 2.39. The molecule has 1 aromatic rings. The third-order valence-electron chi connectivity index (χ3n) is 4.78.